The highest BCUT2D eigenvalue weighted by Gasteiger charge is 2.32. The third kappa shape index (κ3) is 2.37. The van der Waals surface area contributed by atoms with Crippen LogP contribution in [0.4, 0.5) is 5.69 Å². The summed E-state index contributed by atoms with van der Waals surface area (Å²) < 4.78 is 0. The Morgan fingerprint density at radius 1 is 1.00 bits per heavy atom. The molecule has 0 spiro atoms. The maximum absolute atomic E-state index is 3.74. The summed E-state index contributed by atoms with van der Waals surface area (Å²) in [4.78, 5) is 0. The van der Waals surface area contributed by atoms with Gasteiger partial charge in [-0.05, 0) is 48.1 Å². The molecule has 0 saturated heterocycles. The van der Waals surface area contributed by atoms with E-state index in [0.717, 1.165) is 0 Å². The molecule has 21 heavy (non-hydrogen) atoms. The van der Waals surface area contributed by atoms with Gasteiger partial charge in [-0.25, -0.2) is 0 Å². The molecule has 1 aliphatic rings. The Labute approximate surface area is 127 Å². The van der Waals surface area contributed by atoms with Crippen LogP contribution in [-0.4, -0.2) is 0 Å². The van der Waals surface area contributed by atoms with Crippen LogP contribution in [0.3, 0.4) is 0 Å². The Morgan fingerprint density at radius 2 is 1.76 bits per heavy atom. The highest BCUT2D eigenvalue weighted by molar-refractivity contribution is 5.75. The second kappa shape index (κ2) is 5.07. The van der Waals surface area contributed by atoms with E-state index in [2.05, 4.69) is 87.6 Å². The summed E-state index contributed by atoms with van der Waals surface area (Å²) in [6.45, 7) is 8.97. The van der Waals surface area contributed by atoms with E-state index in [4.69, 9.17) is 0 Å². The maximum atomic E-state index is 3.74. The van der Waals surface area contributed by atoms with Crippen LogP contribution in [0, 0.1) is 0 Å². The predicted molar refractivity (Wildman–Crippen MR) is 91.6 cm³/mol. The van der Waals surface area contributed by atoms with E-state index in [-0.39, 0.29) is 5.54 Å². The van der Waals surface area contributed by atoms with Gasteiger partial charge in [0.25, 0.3) is 0 Å². The smallest absolute Gasteiger partial charge is 0.0811 e. The average Bonchev–Trinajstić information content (AvgIpc) is 2.48. The molecule has 1 heterocycles. The van der Waals surface area contributed by atoms with Gasteiger partial charge in [-0.3, -0.25) is 0 Å². The molecule has 0 radical (unpaired) electrons. The predicted octanol–water partition coefficient (Wildman–Crippen LogP) is 5.55. The molecule has 1 atom stereocenters. The Balaban J connectivity index is 2.08. The number of anilines is 1. The highest BCUT2D eigenvalue weighted by Crippen LogP contribution is 2.40. The van der Waals surface area contributed by atoms with E-state index >= 15 is 0 Å². The van der Waals surface area contributed by atoms with E-state index in [1.807, 2.05) is 0 Å². The lowest BCUT2D eigenvalue weighted by Gasteiger charge is -2.38. The molecule has 2 aromatic rings. The van der Waals surface area contributed by atoms with Gasteiger partial charge in [0.05, 0.1) is 5.54 Å². The van der Waals surface area contributed by atoms with Gasteiger partial charge in [0.2, 0.25) is 0 Å². The van der Waals surface area contributed by atoms with Gasteiger partial charge in [-0.1, -0.05) is 62.4 Å². The minimum Gasteiger partial charge on any atom is -0.372 e. The number of hydrogen-bond donors (Lipinski definition) is 1. The van der Waals surface area contributed by atoms with Crippen LogP contribution in [0.5, 0.6) is 0 Å². The van der Waals surface area contributed by atoms with E-state index < -0.39 is 0 Å². The molecule has 0 bridgehead atoms. The van der Waals surface area contributed by atoms with Crippen molar-refractivity contribution in [3.05, 3.63) is 70.8 Å². The summed E-state index contributed by atoms with van der Waals surface area (Å²) in [6.07, 6.45) is 2.30. The SMILES string of the molecule is CC1=Cc2ccccc2NC1(C)c1cccc(C(C)C)c1. The standard InChI is InChI=1S/C20H23N/c1-14(2)16-9-7-10-18(13-16)20(4)15(3)12-17-8-5-6-11-19(17)21-20/h5-14,21H,1-4H3. The van der Waals surface area contributed by atoms with Gasteiger partial charge in [0.1, 0.15) is 0 Å². The Hall–Kier alpha value is -2.02. The molecule has 1 N–H and O–H groups in total. The average molecular weight is 277 g/mol. The lowest BCUT2D eigenvalue weighted by molar-refractivity contribution is 0.639. The molecule has 0 amide bonds. The van der Waals surface area contributed by atoms with Gasteiger partial charge in [-0.2, -0.15) is 0 Å². The first kappa shape index (κ1) is 13.9. The molecule has 3 rings (SSSR count). The molecule has 2 aromatic carbocycles. The molecule has 0 saturated carbocycles. The molecule has 1 unspecified atom stereocenters. The summed E-state index contributed by atoms with van der Waals surface area (Å²) in [5, 5.41) is 3.74. The van der Waals surface area contributed by atoms with E-state index in [1.54, 1.807) is 0 Å². The zero-order chi connectivity index (χ0) is 15.0. The third-order valence-electron chi connectivity index (χ3n) is 4.64. The van der Waals surface area contributed by atoms with Gasteiger partial charge in [0, 0.05) is 5.69 Å². The van der Waals surface area contributed by atoms with Crippen molar-refractivity contribution < 1.29 is 0 Å². The van der Waals surface area contributed by atoms with Crippen LogP contribution >= 0.6 is 0 Å². The minimum absolute atomic E-state index is 0.140. The fourth-order valence-corrected chi connectivity index (χ4v) is 2.99. The summed E-state index contributed by atoms with van der Waals surface area (Å²) in [7, 11) is 0. The van der Waals surface area contributed by atoms with Gasteiger partial charge < -0.3 is 5.32 Å². The molecule has 108 valence electrons. The van der Waals surface area contributed by atoms with Crippen LogP contribution < -0.4 is 5.32 Å². The highest BCUT2D eigenvalue weighted by atomic mass is 15.0. The summed E-state index contributed by atoms with van der Waals surface area (Å²) in [6, 6.07) is 17.4. The zero-order valence-corrected chi connectivity index (χ0v) is 13.3. The van der Waals surface area contributed by atoms with Crippen molar-refractivity contribution in [2.24, 2.45) is 0 Å². The van der Waals surface area contributed by atoms with Crippen LogP contribution in [0.1, 0.15) is 50.3 Å². The van der Waals surface area contributed by atoms with Gasteiger partial charge in [0.15, 0.2) is 0 Å². The zero-order valence-electron chi connectivity index (χ0n) is 13.3. The topological polar surface area (TPSA) is 12.0 Å². The normalized spacial score (nSPS) is 20.7. The van der Waals surface area contributed by atoms with E-state index in [9.17, 15) is 0 Å². The van der Waals surface area contributed by atoms with E-state index in [0.29, 0.717) is 5.92 Å². The van der Waals surface area contributed by atoms with Gasteiger partial charge >= 0.3 is 0 Å². The Bertz CT molecular complexity index is 696. The van der Waals surface area contributed by atoms with Crippen molar-refractivity contribution in [2.75, 3.05) is 5.32 Å². The van der Waals surface area contributed by atoms with Crippen molar-refractivity contribution in [1.29, 1.82) is 0 Å². The maximum Gasteiger partial charge on any atom is 0.0811 e. The Morgan fingerprint density at radius 3 is 2.52 bits per heavy atom. The van der Waals surface area contributed by atoms with E-state index in [1.165, 1.54) is 28.0 Å². The van der Waals surface area contributed by atoms with Crippen LogP contribution in [-0.2, 0) is 5.54 Å². The summed E-state index contributed by atoms with van der Waals surface area (Å²) >= 11 is 0. The summed E-state index contributed by atoms with van der Waals surface area (Å²) in [5.74, 6) is 0.550. The number of hydrogen-bond acceptors (Lipinski definition) is 1. The van der Waals surface area contributed by atoms with Crippen molar-refractivity contribution in [3.63, 3.8) is 0 Å². The number of nitrogens with one attached hydrogen (secondary N) is 1. The van der Waals surface area contributed by atoms with Crippen molar-refractivity contribution in [3.8, 4) is 0 Å². The third-order valence-corrected chi connectivity index (χ3v) is 4.64. The van der Waals surface area contributed by atoms with Gasteiger partial charge in [-0.15, -0.1) is 0 Å². The first-order valence-corrected chi connectivity index (χ1v) is 7.67. The lowest BCUT2D eigenvalue weighted by atomic mass is 9.80. The largest absolute Gasteiger partial charge is 0.372 e. The Kier molecular flexibility index (Phi) is 3.36. The van der Waals surface area contributed by atoms with Crippen LogP contribution in [0.25, 0.3) is 6.08 Å². The number of para-hydroxylation sites is 1. The summed E-state index contributed by atoms with van der Waals surface area (Å²) in [5.41, 5.74) is 6.41. The fraction of sp³-hybridized carbons (Fsp3) is 0.300. The second-order valence-corrected chi connectivity index (χ2v) is 6.44. The number of rotatable bonds is 2. The molecular weight excluding hydrogens is 254 g/mol. The monoisotopic (exact) mass is 277 g/mol. The van der Waals surface area contributed by atoms with Crippen LogP contribution in [0.15, 0.2) is 54.1 Å². The van der Waals surface area contributed by atoms with Crippen molar-refractivity contribution in [2.45, 2.75) is 39.2 Å². The number of benzene rings is 2. The number of fused-ring (bicyclic) bond motifs is 1. The molecule has 1 nitrogen and oxygen atoms in total. The molecule has 1 heteroatoms. The van der Waals surface area contributed by atoms with Crippen molar-refractivity contribution >= 4 is 11.8 Å². The lowest BCUT2D eigenvalue weighted by Crippen LogP contribution is -2.35. The fourth-order valence-electron chi connectivity index (χ4n) is 2.99. The van der Waals surface area contributed by atoms with Crippen molar-refractivity contribution in [1.82, 2.24) is 0 Å². The first-order valence-electron chi connectivity index (χ1n) is 7.67. The minimum atomic E-state index is -0.140. The molecule has 0 aliphatic carbocycles. The molecule has 0 fully saturated rings. The second-order valence-electron chi connectivity index (χ2n) is 6.44. The quantitative estimate of drug-likeness (QED) is 0.758. The molecule has 1 aliphatic heterocycles. The van der Waals surface area contributed by atoms with Crippen LogP contribution in [0.2, 0.25) is 0 Å². The first-order chi connectivity index (χ1) is 10.0. The molecular formula is C20H23N. The molecule has 0 aromatic heterocycles.